The van der Waals surface area contributed by atoms with Gasteiger partial charge in [0.2, 0.25) is 0 Å². The van der Waals surface area contributed by atoms with E-state index in [4.69, 9.17) is 4.98 Å². The van der Waals surface area contributed by atoms with Crippen LogP contribution in [0.4, 0.5) is 5.82 Å². The van der Waals surface area contributed by atoms with Gasteiger partial charge in [0.1, 0.15) is 17.2 Å². The molecule has 1 N–H and O–H groups in total. The molecule has 0 atom stereocenters. The van der Waals surface area contributed by atoms with Gasteiger partial charge in [-0.3, -0.25) is 9.38 Å². The van der Waals surface area contributed by atoms with E-state index < -0.39 is 0 Å². The van der Waals surface area contributed by atoms with Crippen LogP contribution in [-0.4, -0.2) is 19.9 Å². The van der Waals surface area contributed by atoms with Crippen molar-refractivity contribution in [2.75, 3.05) is 5.32 Å². The van der Waals surface area contributed by atoms with Gasteiger partial charge in [-0.1, -0.05) is 32.9 Å². The van der Waals surface area contributed by atoms with Crippen LogP contribution < -0.4 is 5.32 Å². The Morgan fingerprint density at radius 1 is 1.04 bits per heavy atom. The average molecular weight is 336 g/mol. The lowest BCUT2D eigenvalue weighted by atomic mass is 9.82. The summed E-state index contributed by atoms with van der Waals surface area (Å²) in [5.41, 5.74) is 4.08. The van der Waals surface area contributed by atoms with Gasteiger partial charge >= 0.3 is 0 Å². The summed E-state index contributed by atoms with van der Waals surface area (Å²) in [4.78, 5) is 9.42. The zero-order valence-electron chi connectivity index (χ0n) is 16.1. The van der Waals surface area contributed by atoms with E-state index in [0.717, 1.165) is 34.8 Å². The second-order valence-electron chi connectivity index (χ2n) is 8.66. The first-order valence-corrected chi connectivity index (χ1v) is 8.84. The minimum atomic E-state index is -0.0680. The van der Waals surface area contributed by atoms with Gasteiger partial charge in [0.15, 0.2) is 0 Å². The van der Waals surface area contributed by atoms with Crippen LogP contribution in [-0.2, 0) is 0 Å². The number of nitrogens with one attached hydrogen (secondary N) is 1. The maximum absolute atomic E-state index is 4.90. The van der Waals surface area contributed by atoms with Crippen LogP contribution in [0.5, 0.6) is 0 Å². The second kappa shape index (κ2) is 6.17. The molecule has 0 saturated carbocycles. The van der Waals surface area contributed by atoms with Gasteiger partial charge < -0.3 is 5.32 Å². The molecular weight excluding hydrogens is 308 g/mol. The van der Waals surface area contributed by atoms with E-state index in [2.05, 4.69) is 74.6 Å². The zero-order chi connectivity index (χ0) is 18.2. The number of imidazole rings is 1. The molecule has 0 radical (unpaired) electrons. The summed E-state index contributed by atoms with van der Waals surface area (Å²) in [6.07, 6.45) is 4.92. The fraction of sp³-hybridized carbons (Fsp3) is 0.429. The number of nitrogens with zero attached hydrogens (tertiary/aromatic N) is 3. The highest BCUT2D eigenvalue weighted by Crippen LogP contribution is 2.34. The summed E-state index contributed by atoms with van der Waals surface area (Å²) in [5, 5.41) is 3.75. The number of aromatic nitrogens is 3. The molecule has 132 valence electrons. The van der Waals surface area contributed by atoms with Crippen molar-refractivity contribution in [2.24, 2.45) is 5.41 Å². The Kier molecular flexibility index (Phi) is 4.31. The molecule has 25 heavy (non-hydrogen) atoms. The van der Waals surface area contributed by atoms with Crippen molar-refractivity contribution in [3.8, 4) is 11.4 Å². The first kappa shape index (κ1) is 17.5. The first-order chi connectivity index (χ1) is 11.7. The van der Waals surface area contributed by atoms with Crippen LogP contribution in [0.1, 0.15) is 46.6 Å². The van der Waals surface area contributed by atoms with Crippen LogP contribution in [0, 0.1) is 12.3 Å². The van der Waals surface area contributed by atoms with E-state index in [9.17, 15) is 0 Å². The predicted octanol–water partition coefficient (Wildman–Crippen LogP) is 5.33. The molecule has 0 aliphatic heterocycles. The first-order valence-electron chi connectivity index (χ1n) is 8.84. The third-order valence-corrected chi connectivity index (χ3v) is 4.18. The van der Waals surface area contributed by atoms with Crippen molar-refractivity contribution < 1.29 is 0 Å². The maximum atomic E-state index is 4.90. The standard InChI is InChI=1S/C21H28N4/c1-15-10-9-13-25-18(15)23-17(16-11-7-8-12-22-16)19(25)24-21(5,6)14-20(2,3)4/h7-13,24H,14H2,1-6H3. The van der Waals surface area contributed by atoms with Crippen LogP contribution in [0.15, 0.2) is 42.7 Å². The highest BCUT2D eigenvalue weighted by atomic mass is 15.2. The monoisotopic (exact) mass is 336 g/mol. The molecule has 0 aliphatic rings. The molecule has 0 bridgehead atoms. The topological polar surface area (TPSA) is 42.2 Å². The Hall–Kier alpha value is -2.36. The van der Waals surface area contributed by atoms with Gasteiger partial charge in [-0.15, -0.1) is 0 Å². The number of fused-ring (bicyclic) bond motifs is 1. The lowest BCUT2D eigenvalue weighted by Gasteiger charge is -2.34. The molecule has 0 spiro atoms. The highest BCUT2D eigenvalue weighted by Gasteiger charge is 2.28. The van der Waals surface area contributed by atoms with Crippen molar-refractivity contribution in [3.05, 3.63) is 48.3 Å². The van der Waals surface area contributed by atoms with Crippen LogP contribution in [0.2, 0.25) is 0 Å². The molecule has 3 aromatic heterocycles. The number of anilines is 1. The highest BCUT2D eigenvalue weighted by molar-refractivity contribution is 5.75. The Morgan fingerprint density at radius 3 is 2.44 bits per heavy atom. The van der Waals surface area contributed by atoms with Gasteiger partial charge in [0.05, 0.1) is 5.69 Å². The number of hydrogen-bond donors (Lipinski definition) is 1. The third-order valence-electron chi connectivity index (χ3n) is 4.18. The quantitative estimate of drug-likeness (QED) is 0.700. The summed E-state index contributed by atoms with van der Waals surface area (Å²) < 4.78 is 2.14. The Balaban J connectivity index is 2.14. The summed E-state index contributed by atoms with van der Waals surface area (Å²) in [5.74, 6) is 1.01. The molecule has 0 amide bonds. The zero-order valence-corrected chi connectivity index (χ0v) is 16.1. The van der Waals surface area contributed by atoms with Crippen LogP contribution in [0.3, 0.4) is 0 Å². The van der Waals surface area contributed by atoms with Gasteiger partial charge in [-0.05, 0) is 56.4 Å². The molecule has 0 aromatic carbocycles. The molecule has 3 heterocycles. The fourth-order valence-corrected chi connectivity index (χ4v) is 3.70. The molecule has 4 heteroatoms. The minimum absolute atomic E-state index is 0.0680. The summed E-state index contributed by atoms with van der Waals surface area (Å²) >= 11 is 0. The Labute approximate surface area is 150 Å². The van der Waals surface area contributed by atoms with E-state index in [1.165, 1.54) is 0 Å². The molecule has 0 aliphatic carbocycles. The lowest BCUT2D eigenvalue weighted by molar-refractivity contribution is 0.302. The summed E-state index contributed by atoms with van der Waals surface area (Å²) in [7, 11) is 0. The van der Waals surface area contributed by atoms with E-state index in [1.807, 2.05) is 24.4 Å². The van der Waals surface area contributed by atoms with E-state index in [1.54, 1.807) is 0 Å². The van der Waals surface area contributed by atoms with Gasteiger partial charge in [-0.2, -0.15) is 0 Å². The normalized spacial score (nSPS) is 12.6. The number of hydrogen-bond acceptors (Lipinski definition) is 3. The van der Waals surface area contributed by atoms with Gasteiger partial charge in [-0.25, -0.2) is 4.98 Å². The predicted molar refractivity (Wildman–Crippen MR) is 105 cm³/mol. The molecule has 3 rings (SSSR count). The Morgan fingerprint density at radius 2 is 1.80 bits per heavy atom. The fourth-order valence-electron chi connectivity index (χ4n) is 3.70. The van der Waals surface area contributed by atoms with Crippen molar-refractivity contribution >= 4 is 11.5 Å². The smallest absolute Gasteiger partial charge is 0.142 e. The van der Waals surface area contributed by atoms with Crippen LogP contribution >= 0.6 is 0 Å². The summed E-state index contributed by atoms with van der Waals surface area (Å²) in [6, 6.07) is 10.1. The van der Waals surface area contributed by atoms with Crippen molar-refractivity contribution in [2.45, 2.75) is 53.5 Å². The molecular formula is C21H28N4. The lowest BCUT2D eigenvalue weighted by Crippen LogP contribution is -2.36. The van der Waals surface area contributed by atoms with Gasteiger partial charge in [0.25, 0.3) is 0 Å². The number of rotatable bonds is 4. The molecule has 0 saturated heterocycles. The maximum Gasteiger partial charge on any atom is 0.142 e. The molecule has 0 fully saturated rings. The third kappa shape index (κ3) is 3.84. The molecule has 4 nitrogen and oxygen atoms in total. The van der Waals surface area contributed by atoms with Crippen molar-refractivity contribution in [1.82, 2.24) is 14.4 Å². The minimum Gasteiger partial charge on any atom is -0.364 e. The van der Waals surface area contributed by atoms with E-state index >= 15 is 0 Å². The molecule has 0 unspecified atom stereocenters. The number of aryl methyl sites for hydroxylation is 1. The number of pyridine rings is 2. The van der Waals surface area contributed by atoms with Crippen molar-refractivity contribution in [3.63, 3.8) is 0 Å². The SMILES string of the molecule is Cc1cccn2c(NC(C)(C)CC(C)(C)C)c(-c3ccccn3)nc12. The van der Waals surface area contributed by atoms with Crippen molar-refractivity contribution in [1.29, 1.82) is 0 Å². The van der Waals surface area contributed by atoms with Gasteiger partial charge in [0, 0.05) is 17.9 Å². The second-order valence-corrected chi connectivity index (χ2v) is 8.66. The average Bonchev–Trinajstić information content (AvgIpc) is 2.85. The van der Waals surface area contributed by atoms with E-state index in [0.29, 0.717) is 0 Å². The summed E-state index contributed by atoms with van der Waals surface area (Å²) in [6.45, 7) is 13.4. The van der Waals surface area contributed by atoms with E-state index in [-0.39, 0.29) is 11.0 Å². The van der Waals surface area contributed by atoms with Crippen LogP contribution in [0.25, 0.3) is 17.0 Å². The molecule has 3 aromatic rings. The largest absolute Gasteiger partial charge is 0.364 e. The Bertz CT molecular complexity index is 870.